The lowest BCUT2D eigenvalue weighted by atomic mass is 10.1. The minimum absolute atomic E-state index is 0.114. The van der Waals surface area contributed by atoms with Gasteiger partial charge in [0.1, 0.15) is 5.69 Å². The molecule has 1 amide bonds. The molecule has 0 radical (unpaired) electrons. The van der Waals surface area contributed by atoms with Crippen molar-refractivity contribution in [2.45, 2.75) is 38.1 Å². The number of hydrogen-bond acceptors (Lipinski definition) is 7. The molecule has 1 unspecified atom stereocenters. The Morgan fingerprint density at radius 2 is 1.91 bits per heavy atom. The number of hydrogen-bond donors (Lipinski definition) is 5. The van der Waals surface area contributed by atoms with Gasteiger partial charge in [0.05, 0.1) is 18.3 Å². The zero-order valence-electron chi connectivity index (χ0n) is 19.6. The number of carbonyl (C=O) groups is 1. The number of pyridine rings is 1. The molecule has 2 aliphatic heterocycles. The molecular weight excluding hydrogens is 428 g/mol. The number of rotatable bonds is 9. The van der Waals surface area contributed by atoms with Gasteiger partial charge in [-0.2, -0.15) is 0 Å². The molecule has 6 N–H and O–H groups in total. The Hall–Kier alpha value is -3.33. The zero-order valence-corrected chi connectivity index (χ0v) is 19.6. The van der Waals surface area contributed by atoms with Crippen molar-refractivity contribution in [3.63, 3.8) is 0 Å². The van der Waals surface area contributed by atoms with Crippen LogP contribution in [0.4, 0.5) is 5.69 Å². The fraction of sp³-hybridized carbons (Fsp3) is 0.480. The smallest absolute Gasteiger partial charge is 0.269 e. The van der Waals surface area contributed by atoms with Gasteiger partial charge < -0.3 is 31.6 Å². The molecule has 0 saturated carbocycles. The summed E-state index contributed by atoms with van der Waals surface area (Å²) >= 11 is 0. The number of aliphatic imine (C=N–C) groups is 1. The maximum atomic E-state index is 12.7. The Kier molecular flexibility index (Phi) is 6.80. The van der Waals surface area contributed by atoms with E-state index in [1.165, 1.54) is 5.69 Å². The fourth-order valence-corrected chi connectivity index (χ4v) is 4.87. The van der Waals surface area contributed by atoms with Gasteiger partial charge in [-0.05, 0) is 37.1 Å². The maximum absolute atomic E-state index is 12.7. The molecule has 1 atom stereocenters. The number of guanidine groups is 1. The lowest BCUT2D eigenvalue weighted by Crippen LogP contribution is -2.43. The van der Waals surface area contributed by atoms with E-state index >= 15 is 0 Å². The monoisotopic (exact) mass is 462 g/mol. The summed E-state index contributed by atoms with van der Waals surface area (Å²) in [6.07, 6.45) is 7.19. The standard InChI is InChI=1S/C25H34N8O/c26-25-30-15-17(31-25)5-3-1-2-4-8-28-24(34)22-14-20-19-13-18(33-11-9-27-10-12-33)6-7-21(19)32-23(20)16-29-22/h6-7,13-14,16-17,27,32H,1-5,8-12,15H2,(H,28,34)(H3,26,30,31). The second-order valence-electron chi connectivity index (χ2n) is 9.23. The number of nitrogens with two attached hydrogens (primary N) is 1. The van der Waals surface area contributed by atoms with Crippen molar-refractivity contribution in [3.05, 3.63) is 36.2 Å². The molecule has 180 valence electrons. The highest BCUT2D eigenvalue weighted by molar-refractivity contribution is 6.10. The van der Waals surface area contributed by atoms with Crippen molar-refractivity contribution in [3.8, 4) is 0 Å². The molecule has 1 aromatic carbocycles. The van der Waals surface area contributed by atoms with Crippen LogP contribution in [0.25, 0.3) is 21.8 Å². The first-order valence-corrected chi connectivity index (χ1v) is 12.4. The molecule has 2 aromatic heterocycles. The summed E-state index contributed by atoms with van der Waals surface area (Å²) < 4.78 is 0. The molecule has 0 spiro atoms. The SMILES string of the molecule is NC1=NCC(CCCCCCNC(=O)c2cc3c(cn2)[nH]c2ccc(N4CCNCC4)cc23)N1. The molecule has 9 heteroatoms. The average molecular weight is 463 g/mol. The Morgan fingerprint density at radius 1 is 1.09 bits per heavy atom. The lowest BCUT2D eigenvalue weighted by Gasteiger charge is -2.29. The summed E-state index contributed by atoms with van der Waals surface area (Å²) in [6, 6.07) is 8.81. The predicted octanol–water partition coefficient (Wildman–Crippen LogP) is 2.09. The molecule has 5 rings (SSSR count). The summed E-state index contributed by atoms with van der Waals surface area (Å²) in [7, 11) is 0. The van der Waals surface area contributed by atoms with Crippen LogP contribution in [-0.2, 0) is 0 Å². The maximum Gasteiger partial charge on any atom is 0.269 e. The number of benzene rings is 1. The van der Waals surface area contributed by atoms with E-state index in [0.29, 0.717) is 24.2 Å². The van der Waals surface area contributed by atoms with Crippen molar-refractivity contribution in [1.82, 2.24) is 25.9 Å². The summed E-state index contributed by atoms with van der Waals surface area (Å²) in [5.74, 6) is 0.449. The fourth-order valence-electron chi connectivity index (χ4n) is 4.87. The van der Waals surface area contributed by atoms with Crippen LogP contribution < -0.4 is 26.6 Å². The van der Waals surface area contributed by atoms with E-state index in [2.05, 4.69) is 54.0 Å². The van der Waals surface area contributed by atoms with Crippen LogP contribution in [0, 0.1) is 0 Å². The Labute approximate surface area is 199 Å². The van der Waals surface area contributed by atoms with Crippen molar-refractivity contribution < 1.29 is 4.79 Å². The molecule has 0 aliphatic carbocycles. The highest BCUT2D eigenvalue weighted by atomic mass is 16.1. The molecule has 9 nitrogen and oxygen atoms in total. The van der Waals surface area contributed by atoms with E-state index in [1.54, 1.807) is 6.20 Å². The van der Waals surface area contributed by atoms with Crippen LogP contribution in [0.2, 0.25) is 0 Å². The number of nitrogens with one attached hydrogen (secondary N) is 4. The highest BCUT2D eigenvalue weighted by Gasteiger charge is 2.15. The normalized spacial score (nSPS) is 18.3. The van der Waals surface area contributed by atoms with Gasteiger partial charge in [0.2, 0.25) is 0 Å². The lowest BCUT2D eigenvalue weighted by molar-refractivity contribution is 0.0948. The second-order valence-corrected chi connectivity index (χ2v) is 9.23. The average Bonchev–Trinajstić information content (AvgIpc) is 3.45. The summed E-state index contributed by atoms with van der Waals surface area (Å²) in [6.45, 7) is 5.46. The second kappa shape index (κ2) is 10.3. The minimum Gasteiger partial charge on any atom is -0.370 e. The van der Waals surface area contributed by atoms with Crippen molar-refractivity contribution in [2.75, 3.05) is 44.2 Å². The first kappa shape index (κ1) is 22.5. The van der Waals surface area contributed by atoms with Crippen LogP contribution in [0.3, 0.4) is 0 Å². The Morgan fingerprint density at radius 3 is 2.74 bits per heavy atom. The molecule has 2 aliphatic rings. The molecular formula is C25H34N8O. The summed E-state index contributed by atoms with van der Waals surface area (Å²) in [5, 5.41) is 11.8. The molecule has 1 saturated heterocycles. The van der Waals surface area contributed by atoms with Crippen molar-refractivity contribution >= 4 is 39.4 Å². The van der Waals surface area contributed by atoms with Gasteiger partial charge >= 0.3 is 0 Å². The van der Waals surface area contributed by atoms with Gasteiger partial charge in [0.15, 0.2) is 5.96 Å². The number of fused-ring (bicyclic) bond motifs is 3. The van der Waals surface area contributed by atoms with Gasteiger partial charge in [-0.3, -0.25) is 9.79 Å². The number of piperazine rings is 1. The van der Waals surface area contributed by atoms with Crippen LogP contribution in [0.15, 0.2) is 35.5 Å². The van der Waals surface area contributed by atoms with E-state index < -0.39 is 0 Å². The number of aromatic amines is 1. The van der Waals surface area contributed by atoms with Gasteiger partial charge in [0, 0.05) is 60.7 Å². The van der Waals surface area contributed by atoms with Gasteiger partial charge in [-0.1, -0.05) is 19.3 Å². The van der Waals surface area contributed by atoms with E-state index in [9.17, 15) is 4.79 Å². The first-order valence-electron chi connectivity index (χ1n) is 12.4. The van der Waals surface area contributed by atoms with Gasteiger partial charge in [0.25, 0.3) is 5.91 Å². The highest BCUT2D eigenvalue weighted by Crippen LogP contribution is 2.29. The van der Waals surface area contributed by atoms with Crippen molar-refractivity contribution in [1.29, 1.82) is 0 Å². The van der Waals surface area contributed by atoms with Crippen LogP contribution >= 0.6 is 0 Å². The van der Waals surface area contributed by atoms with E-state index in [-0.39, 0.29) is 5.91 Å². The van der Waals surface area contributed by atoms with Crippen LogP contribution in [-0.4, -0.2) is 67.1 Å². The molecule has 0 bridgehead atoms. The van der Waals surface area contributed by atoms with Gasteiger partial charge in [-0.25, -0.2) is 4.98 Å². The first-order chi connectivity index (χ1) is 16.7. The third-order valence-electron chi connectivity index (χ3n) is 6.78. The molecule has 3 aromatic rings. The Bertz CT molecular complexity index is 1180. The third-order valence-corrected chi connectivity index (χ3v) is 6.78. The van der Waals surface area contributed by atoms with Crippen molar-refractivity contribution in [2.24, 2.45) is 10.7 Å². The molecule has 4 heterocycles. The number of carbonyl (C=O) groups excluding carboxylic acids is 1. The predicted molar refractivity (Wildman–Crippen MR) is 138 cm³/mol. The number of anilines is 1. The largest absolute Gasteiger partial charge is 0.370 e. The zero-order chi connectivity index (χ0) is 23.3. The summed E-state index contributed by atoms with van der Waals surface area (Å²) in [4.78, 5) is 27.1. The van der Waals surface area contributed by atoms with E-state index in [4.69, 9.17) is 5.73 Å². The van der Waals surface area contributed by atoms with Crippen LogP contribution in [0.1, 0.15) is 42.6 Å². The Balaban J connectivity index is 1.14. The van der Waals surface area contributed by atoms with E-state index in [0.717, 1.165) is 86.6 Å². The number of unbranched alkanes of at least 4 members (excludes halogenated alkanes) is 3. The number of nitrogens with zero attached hydrogens (tertiary/aromatic N) is 3. The van der Waals surface area contributed by atoms with Crippen LogP contribution in [0.5, 0.6) is 0 Å². The third kappa shape index (κ3) is 5.09. The van der Waals surface area contributed by atoms with Gasteiger partial charge in [-0.15, -0.1) is 0 Å². The van der Waals surface area contributed by atoms with E-state index in [1.807, 2.05) is 6.07 Å². The topological polar surface area (TPSA) is 123 Å². The molecule has 34 heavy (non-hydrogen) atoms. The minimum atomic E-state index is -0.114. The number of amides is 1. The quantitative estimate of drug-likeness (QED) is 0.310. The number of aromatic nitrogens is 2. The number of H-pyrrole nitrogens is 1. The molecule has 1 fully saturated rings. The summed E-state index contributed by atoms with van der Waals surface area (Å²) in [5.41, 5.74) is 9.35.